The van der Waals surface area contributed by atoms with E-state index in [2.05, 4.69) is 5.32 Å². The van der Waals surface area contributed by atoms with Crippen molar-refractivity contribution in [1.82, 2.24) is 10.2 Å². The Morgan fingerprint density at radius 1 is 1.06 bits per heavy atom. The fraction of sp³-hybridized carbons (Fsp3) is 0.400. The van der Waals surface area contributed by atoms with E-state index >= 15 is 0 Å². The van der Waals surface area contributed by atoms with Crippen molar-refractivity contribution in [3.63, 3.8) is 0 Å². The van der Waals surface area contributed by atoms with Crippen LogP contribution >= 0.6 is 0 Å². The monoisotopic (exact) mass is 454 g/mol. The van der Waals surface area contributed by atoms with Gasteiger partial charge in [-0.15, -0.1) is 0 Å². The molecule has 0 saturated carbocycles. The molecule has 1 fully saturated rings. The Kier molecular flexibility index (Phi) is 9.26. The van der Waals surface area contributed by atoms with Gasteiger partial charge in [-0.05, 0) is 30.7 Å². The zero-order chi connectivity index (χ0) is 23.5. The Labute approximate surface area is 193 Å². The second-order valence-corrected chi connectivity index (χ2v) is 7.54. The molecule has 3 rings (SSSR count). The quantitative estimate of drug-likeness (QED) is 0.413. The molecule has 8 heteroatoms. The lowest BCUT2D eigenvalue weighted by atomic mass is 10.1. The van der Waals surface area contributed by atoms with Crippen LogP contribution < -0.4 is 10.1 Å². The van der Waals surface area contributed by atoms with E-state index in [4.69, 9.17) is 14.2 Å². The van der Waals surface area contributed by atoms with Crippen LogP contribution in [-0.4, -0.2) is 68.2 Å². The summed E-state index contributed by atoms with van der Waals surface area (Å²) in [5.41, 5.74) is 1.45. The average Bonchev–Trinajstić information content (AvgIpc) is 2.83. The van der Waals surface area contributed by atoms with Crippen molar-refractivity contribution < 1.29 is 28.6 Å². The maximum absolute atomic E-state index is 13.2. The summed E-state index contributed by atoms with van der Waals surface area (Å²) in [5.74, 6) is -0.668. The van der Waals surface area contributed by atoms with Gasteiger partial charge in [0.2, 0.25) is 5.91 Å². The Morgan fingerprint density at radius 3 is 2.67 bits per heavy atom. The lowest BCUT2D eigenvalue weighted by molar-refractivity contribution is -0.147. The van der Waals surface area contributed by atoms with Gasteiger partial charge in [0.25, 0.3) is 5.91 Å². The van der Waals surface area contributed by atoms with E-state index in [-0.39, 0.29) is 24.8 Å². The first-order valence-electron chi connectivity index (χ1n) is 11.2. The fourth-order valence-corrected chi connectivity index (χ4v) is 3.55. The summed E-state index contributed by atoms with van der Waals surface area (Å²) < 4.78 is 16.2. The fourth-order valence-electron chi connectivity index (χ4n) is 3.55. The average molecular weight is 455 g/mol. The topological polar surface area (TPSA) is 94.2 Å². The minimum atomic E-state index is -0.919. The van der Waals surface area contributed by atoms with Crippen LogP contribution in [0.4, 0.5) is 0 Å². The number of carbonyl (C=O) groups is 3. The lowest BCUT2D eigenvalue weighted by Crippen LogP contribution is -2.57. The molecule has 0 aromatic heterocycles. The van der Waals surface area contributed by atoms with Gasteiger partial charge in [0.15, 0.2) is 0 Å². The summed E-state index contributed by atoms with van der Waals surface area (Å²) in [7, 11) is 0. The third-order valence-electron chi connectivity index (χ3n) is 5.23. The van der Waals surface area contributed by atoms with Crippen LogP contribution in [0.2, 0.25) is 0 Å². The molecule has 33 heavy (non-hydrogen) atoms. The van der Waals surface area contributed by atoms with Gasteiger partial charge in [-0.25, -0.2) is 0 Å². The number of hydrogen-bond donors (Lipinski definition) is 1. The maximum Gasteiger partial charge on any atom is 0.308 e. The van der Waals surface area contributed by atoms with Crippen LogP contribution in [0.5, 0.6) is 5.75 Å². The van der Waals surface area contributed by atoms with E-state index in [1.807, 2.05) is 37.3 Å². The molecule has 2 aromatic carbocycles. The molecule has 2 amide bonds. The van der Waals surface area contributed by atoms with Crippen LogP contribution in [-0.2, 0) is 25.5 Å². The van der Waals surface area contributed by atoms with Crippen molar-refractivity contribution in [2.45, 2.75) is 25.8 Å². The Morgan fingerprint density at radius 2 is 1.88 bits per heavy atom. The predicted molar refractivity (Wildman–Crippen MR) is 122 cm³/mol. The summed E-state index contributed by atoms with van der Waals surface area (Å²) in [6.45, 7) is 4.19. The first-order valence-corrected chi connectivity index (χ1v) is 11.2. The first-order chi connectivity index (χ1) is 16.1. The summed E-state index contributed by atoms with van der Waals surface area (Å²) in [6.07, 6.45) is 0.388. The van der Waals surface area contributed by atoms with Crippen LogP contribution in [0.25, 0.3) is 0 Å². The van der Waals surface area contributed by atoms with Gasteiger partial charge in [0.05, 0.1) is 19.6 Å². The summed E-state index contributed by atoms with van der Waals surface area (Å²) >= 11 is 0. The number of nitrogens with zero attached hydrogens (tertiary/aromatic N) is 1. The number of piperazine rings is 1. The van der Waals surface area contributed by atoms with Gasteiger partial charge in [-0.3, -0.25) is 14.4 Å². The third kappa shape index (κ3) is 7.32. The molecule has 1 aliphatic rings. The van der Waals surface area contributed by atoms with Crippen molar-refractivity contribution in [3.8, 4) is 5.75 Å². The second-order valence-electron chi connectivity index (χ2n) is 7.54. The number of esters is 1. The van der Waals surface area contributed by atoms with Gasteiger partial charge in [0.1, 0.15) is 18.4 Å². The lowest BCUT2D eigenvalue weighted by Gasteiger charge is -2.34. The van der Waals surface area contributed by atoms with Crippen molar-refractivity contribution in [2.75, 3.05) is 39.5 Å². The number of rotatable bonds is 11. The largest absolute Gasteiger partial charge is 0.491 e. The van der Waals surface area contributed by atoms with E-state index in [1.165, 1.54) is 4.90 Å². The predicted octanol–water partition coefficient (Wildman–Crippen LogP) is 2.22. The summed E-state index contributed by atoms with van der Waals surface area (Å²) in [5, 5.41) is 2.73. The molecule has 0 spiro atoms. The minimum Gasteiger partial charge on any atom is -0.491 e. The highest BCUT2D eigenvalue weighted by Gasteiger charge is 2.35. The highest BCUT2D eigenvalue weighted by atomic mass is 16.5. The SMILES string of the molecule is CCOCCOc1cccc(C(=O)N2CCNC(=O)C2CC(=O)OCCc2ccccc2)c1. The van der Waals surface area contributed by atoms with Crippen molar-refractivity contribution in [3.05, 3.63) is 65.7 Å². The van der Waals surface area contributed by atoms with Crippen molar-refractivity contribution in [2.24, 2.45) is 0 Å². The molecule has 0 bridgehead atoms. The number of benzene rings is 2. The van der Waals surface area contributed by atoms with E-state index in [1.54, 1.807) is 24.3 Å². The molecule has 1 saturated heterocycles. The normalized spacial score (nSPS) is 15.6. The molecule has 1 atom stereocenters. The third-order valence-corrected chi connectivity index (χ3v) is 5.23. The maximum atomic E-state index is 13.2. The summed E-state index contributed by atoms with van der Waals surface area (Å²) in [6, 6.07) is 15.5. The molecule has 1 N–H and O–H groups in total. The van der Waals surface area contributed by atoms with Gasteiger partial charge in [-0.1, -0.05) is 36.4 Å². The second kappa shape index (κ2) is 12.6. The van der Waals surface area contributed by atoms with Crippen LogP contribution in [0, 0.1) is 0 Å². The van der Waals surface area contributed by atoms with Gasteiger partial charge in [0, 0.05) is 31.7 Å². The van der Waals surface area contributed by atoms with Crippen LogP contribution in [0.3, 0.4) is 0 Å². The van der Waals surface area contributed by atoms with E-state index in [9.17, 15) is 14.4 Å². The molecular formula is C25H30N2O6. The first kappa shape index (κ1) is 24.3. The van der Waals surface area contributed by atoms with E-state index in [0.717, 1.165) is 5.56 Å². The summed E-state index contributed by atoms with van der Waals surface area (Å²) in [4.78, 5) is 39.5. The molecule has 1 unspecified atom stereocenters. The molecule has 8 nitrogen and oxygen atoms in total. The molecule has 176 valence electrons. The number of carbonyl (C=O) groups excluding carboxylic acids is 3. The van der Waals surface area contributed by atoms with Crippen LogP contribution in [0.15, 0.2) is 54.6 Å². The minimum absolute atomic E-state index is 0.198. The molecule has 1 aliphatic heterocycles. The zero-order valence-electron chi connectivity index (χ0n) is 18.8. The Bertz CT molecular complexity index is 934. The molecule has 1 heterocycles. The van der Waals surface area contributed by atoms with Crippen molar-refractivity contribution in [1.29, 1.82) is 0 Å². The highest BCUT2D eigenvalue weighted by molar-refractivity contribution is 5.99. The number of ether oxygens (including phenoxy) is 3. The molecule has 0 radical (unpaired) electrons. The van der Waals surface area contributed by atoms with Crippen LogP contribution in [0.1, 0.15) is 29.3 Å². The smallest absolute Gasteiger partial charge is 0.308 e. The molecule has 0 aliphatic carbocycles. The Hall–Kier alpha value is -3.39. The highest BCUT2D eigenvalue weighted by Crippen LogP contribution is 2.19. The number of hydrogen-bond acceptors (Lipinski definition) is 6. The zero-order valence-corrected chi connectivity index (χ0v) is 18.8. The van der Waals surface area contributed by atoms with E-state index < -0.39 is 12.0 Å². The molecular weight excluding hydrogens is 424 g/mol. The van der Waals surface area contributed by atoms with Gasteiger partial charge in [-0.2, -0.15) is 0 Å². The Balaban J connectivity index is 1.59. The number of amides is 2. The molecule has 2 aromatic rings. The standard InChI is InChI=1S/C25H30N2O6/c1-2-31-15-16-32-21-10-6-9-20(17-21)25(30)27-13-12-26-24(29)22(27)18-23(28)33-14-11-19-7-4-3-5-8-19/h3-10,17,22H,2,11-16,18H2,1H3,(H,26,29). The van der Waals surface area contributed by atoms with E-state index in [0.29, 0.717) is 50.6 Å². The van der Waals surface area contributed by atoms with Gasteiger partial charge >= 0.3 is 5.97 Å². The number of nitrogens with one attached hydrogen (secondary N) is 1. The van der Waals surface area contributed by atoms with Crippen molar-refractivity contribution >= 4 is 17.8 Å². The van der Waals surface area contributed by atoms with Gasteiger partial charge < -0.3 is 24.4 Å².